The maximum Gasteiger partial charge on any atom is 0.586 e. The number of ether oxygens (including phenoxy) is 2. The molecule has 232 valence electrons. The van der Waals surface area contributed by atoms with Crippen LogP contribution >= 0.6 is 0 Å². The average Bonchev–Trinajstić information content (AvgIpc) is 3.59. The van der Waals surface area contributed by atoms with E-state index in [9.17, 15) is 33.2 Å². The van der Waals surface area contributed by atoms with Gasteiger partial charge in [-0.15, -0.1) is 8.78 Å². The van der Waals surface area contributed by atoms with Crippen molar-refractivity contribution in [3.05, 3.63) is 53.6 Å². The molecule has 0 bridgehead atoms. The Bertz CT molecular complexity index is 1580. The molecule has 0 aliphatic carbocycles. The first-order valence-corrected chi connectivity index (χ1v) is 14.1. The minimum atomic E-state index is -3.84. The summed E-state index contributed by atoms with van der Waals surface area (Å²) in [5.74, 6) is -2.61. The van der Waals surface area contributed by atoms with Crippen molar-refractivity contribution in [3.63, 3.8) is 0 Å². The fraction of sp³-hybridized carbons (Fsp3) is 0.452. The number of likely N-dealkylation sites (N-methyl/N-ethyl adjacent to an activating group) is 1. The van der Waals surface area contributed by atoms with Gasteiger partial charge in [-0.25, -0.2) is 0 Å². The first-order chi connectivity index (χ1) is 20.5. The minimum Gasteiger partial charge on any atom is -0.395 e. The van der Waals surface area contributed by atoms with E-state index in [-0.39, 0.29) is 42.4 Å². The molecule has 0 unspecified atom stereocenters. The van der Waals surface area contributed by atoms with Gasteiger partial charge in [0.2, 0.25) is 17.7 Å². The lowest BCUT2D eigenvalue weighted by molar-refractivity contribution is -0.286. The molecule has 0 radical (unpaired) electrons. The molecule has 3 aliphatic rings. The Morgan fingerprint density at radius 1 is 1.18 bits per heavy atom. The molecule has 4 atom stereocenters. The lowest BCUT2D eigenvalue weighted by Gasteiger charge is -2.36. The van der Waals surface area contributed by atoms with Crippen LogP contribution in [0.3, 0.4) is 0 Å². The molecule has 1 spiro atoms. The quantitative estimate of drug-likeness (QED) is 0.512. The second-order valence-electron chi connectivity index (χ2n) is 12.7. The Hall–Kier alpha value is -4.73. The molecule has 5 rings (SSSR count). The molecule has 11 nitrogen and oxygen atoms in total. The first kappa shape index (κ1) is 30.7. The zero-order valence-electron chi connectivity index (χ0n) is 24.9. The molecule has 2 aromatic carbocycles. The van der Waals surface area contributed by atoms with Crippen molar-refractivity contribution < 1.29 is 37.4 Å². The fourth-order valence-corrected chi connectivity index (χ4v) is 6.04. The van der Waals surface area contributed by atoms with Crippen LogP contribution in [0.5, 0.6) is 11.5 Å². The van der Waals surface area contributed by atoms with E-state index >= 15 is 0 Å². The fourth-order valence-electron chi connectivity index (χ4n) is 6.04. The number of halogens is 2. The molecule has 0 saturated carbocycles. The smallest absolute Gasteiger partial charge is 0.395 e. The molecule has 3 heterocycles. The minimum absolute atomic E-state index is 0.0228. The molecular weight excluding hydrogens is 576 g/mol. The summed E-state index contributed by atoms with van der Waals surface area (Å²) in [6.45, 7) is 7.15. The normalized spacial score (nSPS) is 22.5. The summed E-state index contributed by atoms with van der Waals surface area (Å²) in [4.78, 5) is 56.6. The lowest BCUT2D eigenvalue weighted by atomic mass is 9.80. The summed E-state index contributed by atoms with van der Waals surface area (Å²) in [6.07, 6.45) is -3.50. The third kappa shape index (κ3) is 5.52. The van der Waals surface area contributed by atoms with Crippen LogP contribution in [0.2, 0.25) is 0 Å². The first-order valence-electron chi connectivity index (χ1n) is 14.1. The van der Waals surface area contributed by atoms with E-state index in [0.29, 0.717) is 5.69 Å². The van der Waals surface area contributed by atoms with Crippen LogP contribution in [-0.2, 0) is 19.8 Å². The van der Waals surface area contributed by atoms with Crippen LogP contribution in [0.15, 0.2) is 42.5 Å². The Morgan fingerprint density at radius 2 is 1.86 bits per heavy atom. The summed E-state index contributed by atoms with van der Waals surface area (Å²) >= 11 is 0. The van der Waals surface area contributed by atoms with Crippen molar-refractivity contribution in [2.75, 3.05) is 18.9 Å². The van der Waals surface area contributed by atoms with Gasteiger partial charge in [-0.3, -0.25) is 19.2 Å². The highest BCUT2D eigenvalue weighted by molar-refractivity contribution is 6.07. The summed E-state index contributed by atoms with van der Waals surface area (Å²) < 4.78 is 35.6. The van der Waals surface area contributed by atoms with Crippen LogP contribution in [0.4, 0.5) is 14.5 Å². The van der Waals surface area contributed by atoms with E-state index in [1.807, 2.05) is 26.8 Å². The molecule has 1 saturated heterocycles. The summed E-state index contributed by atoms with van der Waals surface area (Å²) in [5.41, 5.74) is -0.183. The number of rotatable bonds is 6. The second-order valence-corrected chi connectivity index (χ2v) is 12.7. The standard InChI is InChI=1S/C31H33F2N5O6/c1-17(35-25(39)18-10-11-23-24(12-18)44-31(32,33)43-23)26(40)37(5)22(14-29(2,3)4)27(41)38-16-30(13-19(38)15-34)20-8-6-7-9-21(20)36-28(30)42/h6-12,17,19,22H,13-14,16H2,1-5H3,(H,35,39)(H,36,42)/t17-,19-,22-,30-/m0/s1. The molecule has 1 fully saturated rings. The van der Waals surface area contributed by atoms with Gasteiger partial charge in [0.15, 0.2) is 11.5 Å². The molecular formula is C31H33F2N5O6. The van der Waals surface area contributed by atoms with E-state index in [2.05, 4.69) is 26.2 Å². The number of hydrogen-bond acceptors (Lipinski definition) is 7. The van der Waals surface area contributed by atoms with Gasteiger partial charge in [0.25, 0.3) is 5.91 Å². The van der Waals surface area contributed by atoms with Gasteiger partial charge in [0.1, 0.15) is 18.1 Å². The van der Waals surface area contributed by atoms with Crippen molar-refractivity contribution >= 4 is 29.3 Å². The Labute approximate surface area is 253 Å². The predicted octanol–water partition coefficient (Wildman–Crippen LogP) is 3.40. The summed E-state index contributed by atoms with van der Waals surface area (Å²) in [7, 11) is 1.45. The highest BCUT2D eigenvalue weighted by atomic mass is 19.3. The number of para-hydroxylation sites is 1. The topological polar surface area (TPSA) is 141 Å². The average molecular weight is 610 g/mol. The number of fused-ring (bicyclic) bond motifs is 3. The van der Waals surface area contributed by atoms with Gasteiger partial charge >= 0.3 is 6.29 Å². The number of nitrogens with one attached hydrogen (secondary N) is 2. The lowest BCUT2D eigenvalue weighted by Crippen LogP contribution is -2.56. The number of nitrogens with zero attached hydrogens (tertiary/aromatic N) is 3. The van der Waals surface area contributed by atoms with Gasteiger partial charge in [-0.1, -0.05) is 39.0 Å². The largest absolute Gasteiger partial charge is 0.586 e. The van der Waals surface area contributed by atoms with Crippen LogP contribution in [0.25, 0.3) is 0 Å². The maximum absolute atomic E-state index is 14.2. The second kappa shape index (κ2) is 10.8. The van der Waals surface area contributed by atoms with Crippen LogP contribution < -0.4 is 20.1 Å². The van der Waals surface area contributed by atoms with E-state index in [1.54, 1.807) is 18.2 Å². The number of hydrogen-bond donors (Lipinski definition) is 2. The molecule has 2 aromatic rings. The number of alkyl halides is 2. The van der Waals surface area contributed by atoms with Crippen LogP contribution in [0.1, 0.15) is 56.5 Å². The van der Waals surface area contributed by atoms with Gasteiger partial charge in [-0.2, -0.15) is 5.26 Å². The number of anilines is 1. The highest BCUT2D eigenvalue weighted by Gasteiger charge is 2.57. The molecule has 4 amide bonds. The van der Waals surface area contributed by atoms with Gasteiger partial charge in [0, 0.05) is 31.3 Å². The molecule has 0 aromatic heterocycles. The number of benzene rings is 2. The number of amides is 4. The molecule has 13 heteroatoms. The SMILES string of the molecule is C[C@H](NC(=O)c1ccc2c(c1)OC(F)(F)O2)C(=O)N(C)[C@@H](CC(C)(C)C)C(=O)N1C[C@]2(C[C@H]1C#N)C(=O)Nc1ccccc12. The Morgan fingerprint density at radius 3 is 2.55 bits per heavy atom. The van der Waals surface area contributed by atoms with E-state index in [4.69, 9.17) is 0 Å². The third-order valence-corrected chi connectivity index (χ3v) is 8.20. The van der Waals surface area contributed by atoms with Crippen molar-refractivity contribution in [1.82, 2.24) is 15.1 Å². The van der Waals surface area contributed by atoms with Gasteiger partial charge in [0.05, 0.1) is 11.5 Å². The Balaban J connectivity index is 1.35. The van der Waals surface area contributed by atoms with Crippen molar-refractivity contribution in [2.24, 2.45) is 5.41 Å². The van der Waals surface area contributed by atoms with Gasteiger partial charge in [-0.05, 0) is 48.6 Å². The van der Waals surface area contributed by atoms with E-state index < -0.39 is 53.0 Å². The molecule has 3 aliphatic heterocycles. The van der Waals surface area contributed by atoms with Crippen molar-refractivity contribution in [2.45, 2.75) is 70.4 Å². The van der Waals surface area contributed by atoms with Crippen LogP contribution in [-0.4, -0.2) is 71.4 Å². The van der Waals surface area contributed by atoms with E-state index in [1.165, 1.54) is 35.9 Å². The third-order valence-electron chi connectivity index (χ3n) is 8.20. The predicted molar refractivity (Wildman–Crippen MR) is 153 cm³/mol. The zero-order valence-corrected chi connectivity index (χ0v) is 24.9. The van der Waals surface area contributed by atoms with E-state index in [0.717, 1.165) is 11.6 Å². The molecule has 44 heavy (non-hydrogen) atoms. The number of nitriles is 1. The number of likely N-dealkylation sites (tertiary alicyclic amines) is 1. The van der Waals surface area contributed by atoms with Crippen molar-refractivity contribution in [3.8, 4) is 17.6 Å². The summed E-state index contributed by atoms with van der Waals surface area (Å²) in [6, 6.07) is 9.84. The maximum atomic E-state index is 14.2. The van der Waals surface area contributed by atoms with Gasteiger partial charge < -0.3 is 29.9 Å². The number of carbonyl (C=O) groups is 4. The zero-order chi connectivity index (χ0) is 32.2. The molecule has 2 N–H and O–H groups in total. The number of carbonyl (C=O) groups excluding carboxylic acids is 4. The summed E-state index contributed by atoms with van der Waals surface area (Å²) in [5, 5.41) is 15.5. The Kier molecular flexibility index (Phi) is 7.52. The van der Waals surface area contributed by atoms with Crippen molar-refractivity contribution in [1.29, 1.82) is 5.26 Å². The highest BCUT2D eigenvalue weighted by Crippen LogP contribution is 2.47. The van der Waals surface area contributed by atoms with Crippen LogP contribution in [0, 0.1) is 16.7 Å². The monoisotopic (exact) mass is 609 g/mol.